The Hall–Kier alpha value is -2.38. The molecule has 1 spiro atoms. The zero-order valence-electron chi connectivity index (χ0n) is 19.2. The van der Waals surface area contributed by atoms with Crippen molar-refractivity contribution < 1.29 is 26.9 Å². The molecule has 2 N–H and O–H groups in total. The Morgan fingerprint density at radius 2 is 2.14 bits per heavy atom. The van der Waals surface area contributed by atoms with Gasteiger partial charge in [0.1, 0.15) is 12.2 Å². The minimum atomic E-state index is -4.53. The van der Waals surface area contributed by atoms with Gasteiger partial charge in [0, 0.05) is 23.4 Å². The van der Waals surface area contributed by atoms with Crippen molar-refractivity contribution in [3.63, 3.8) is 0 Å². The zero-order chi connectivity index (χ0) is 25.2. The lowest BCUT2D eigenvalue weighted by atomic mass is 10.0. The first-order valence-electron chi connectivity index (χ1n) is 11.7. The van der Waals surface area contributed by atoms with E-state index in [-0.39, 0.29) is 44.6 Å². The van der Waals surface area contributed by atoms with Crippen LogP contribution in [0.3, 0.4) is 0 Å². The molecule has 2 saturated heterocycles. The van der Waals surface area contributed by atoms with Crippen molar-refractivity contribution in [1.82, 2.24) is 20.4 Å². The van der Waals surface area contributed by atoms with Crippen LogP contribution in [0.4, 0.5) is 23.2 Å². The zero-order valence-corrected chi connectivity index (χ0v) is 20.8. The Morgan fingerprint density at radius 3 is 2.81 bits per heavy atom. The van der Waals surface area contributed by atoms with Crippen LogP contribution < -0.4 is 10.6 Å². The molecule has 6 rings (SSSR count). The number of hydrogen-bond acceptors (Lipinski definition) is 8. The summed E-state index contributed by atoms with van der Waals surface area (Å²) in [7, 11) is 0. The third-order valence-electron chi connectivity index (χ3n) is 7.18. The van der Waals surface area contributed by atoms with Crippen LogP contribution in [0.2, 0.25) is 0 Å². The number of halogens is 4. The predicted molar refractivity (Wildman–Crippen MR) is 129 cm³/mol. The standard InChI is InChI=1S/C23H23F4N5O2S2/c1-2-32-9-12(24)15(10-32)28-13-5-3-4-11-16(13)35-18(17(11)36-23(25,26)27)19-30-20(34-31-19)14-8-22(6-7-22)21(33)29-14/h3-5,12,14-15,28H,2,6-10H2,1H3,(H,29,33)/t12-,14+,15+/m0/s1. The average Bonchev–Trinajstić information content (AvgIpc) is 3.12. The van der Waals surface area contributed by atoms with E-state index in [2.05, 4.69) is 20.8 Å². The summed E-state index contributed by atoms with van der Waals surface area (Å²) in [5.41, 5.74) is -4.33. The molecule has 3 atom stereocenters. The number of thioether (sulfide) groups is 1. The molecule has 3 fully saturated rings. The van der Waals surface area contributed by atoms with Crippen LogP contribution in [-0.4, -0.2) is 58.3 Å². The molecule has 36 heavy (non-hydrogen) atoms. The predicted octanol–water partition coefficient (Wildman–Crippen LogP) is 5.36. The van der Waals surface area contributed by atoms with E-state index in [1.165, 1.54) is 0 Å². The molecule has 13 heteroatoms. The molecule has 0 radical (unpaired) electrons. The molecule has 0 bridgehead atoms. The van der Waals surface area contributed by atoms with Crippen molar-refractivity contribution in [3.8, 4) is 10.7 Å². The smallest absolute Gasteiger partial charge is 0.377 e. The topological polar surface area (TPSA) is 83.3 Å². The number of thiophene rings is 1. The van der Waals surface area contributed by atoms with Gasteiger partial charge in [-0.2, -0.15) is 18.2 Å². The van der Waals surface area contributed by atoms with E-state index < -0.39 is 23.8 Å². The summed E-state index contributed by atoms with van der Waals surface area (Å²) < 4.78 is 61.3. The number of nitrogens with one attached hydrogen (secondary N) is 2. The van der Waals surface area contributed by atoms with Gasteiger partial charge in [-0.15, -0.1) is 11.3 Å². The molecule has 0 unspecified atom stereocenters. The number of nitrogens with zero attached hydrogens (tertiary/aromatic N) is 3. The number of amides is 1. The van der Waals surface area contributed by atoms with Gasteiger partial charge in [0.2, 0.25) is 17.6 Å². The quantitative estimate of drug-likeness (QED) is 0.321. The fraction of sp³-hybridized carbons (Fsp3) is 0.522. The highest BCUT2D eigenvalue weighted by Gasteiger charge is 2.57. The average molecular weight is 542 g/mol. The molecular formula is C23H23F4N5O2S2. The minimum Gasteiger partial charge on any atom is -0.377 e. The van der Waals surface area contributed by atoms with Gasteiger partial charge in [-0.05, 0) is 43.6 Å². The maximum atomic E-state index is 14.6. The molecule has 1 aromatic carbocycles. The Kier molecular flexibility index (Phi) is 5.72. The maximum Gasteiger partial charge on any atom is 0.446 e. The van der Waals surface area contributed by atoms with Crippen LogP contribution in [0, 0.1) is 5.41 Å². The maximum absolute atomic E-state index is 14.6. The van der Waals surface area contributed by atoms with Crippen LogP contribution in [0.5, 0.6) is 0 Å². The summed E-state index contributed by atoms with van der Waals surface area (Å²) >= 11 is 0.887. The van der Waals surface area contributed by atoms with Crippen molar-refractivity contribution in [1.29, 1.82) is 0 Å². The molecule has 2 aliphatic heterocycles. The van der Waals surface area contributed by atoms with E-state index in [1.54, 1.807) is 18.2 Å². The van der Waals surface area contributed by atoms with Gasteiger partial charge in [-0.3, -0.25) is 9.69 Å². The second kappa shape index (κ2) is 8.59. The van der Waals surface area contributed by atoms with Gasteiger partial charge >= 0.3 is 5.51 Å². The molecule has 3 aromatic rings. The number of alkyl halides is 4. The Labute approximate surface area is 212 Å². The van der Waals surface area contributed by atoms with Gasteiger partial charge < -0.3 is 15.2 Å². The number of anilines is 1. The van der Waals surface area contributed by atoms with Crippen molar-refractivity contribution in [2.75, 3.05) is 25.0 Å². The van der Waals surface area contributed by atoms with Crippen LogP contribution in [0.25, 0.3) is 20.8 Å². The summed E-state index contributed by atoms with van der Waals surface area (Å²) in [6.45, 7) is 3.52. The minimum absolute atomic E-state index is 0.0222. The van der Waals surface area contributed by atoms with Crippen LogP contribution in [-0.2, 0) is 4.79 Å². The summed E-state index contributed by atoms with van der Waals surface area (Å²) in [5.74, 6) is 0.181. The van der Waals surface area contributed by atoms with E-state index in [1.807, 2.05) is 11.8 Å². The number of hydrogen-bond donors (Lipinski definition) is 2. The lowest BCUT2D eigenvalue weighted by Crippen LogP contribution is -2.29. The number of benzene rings is 1. The Bertz CT molecular complexity index is 1320. The van der Waals surface area contributed by atoms with Crippen LogP contribution in [0.1, 0.15) is 38.1 Å². The van der Waals surface area contributed by atoms with Crippen LogP contribution in [0.15, 0.2) is 27.6 Å². The van der Waals surface area contributed by atoms with E-state index >= 15 is 0 Å². The second-order valence-electron chi connectivity index (χ2n) is 9.58. The first kappa shape index (κ1) is 24.0. The van der Waals surface area contributed by atoms with E-state index in [0.29, 0.717) is 35.3 Å². The van der Waals surface area contributed by atoms with Gasteiger partial charge in [0.25, 0.3) is 0 Å². The first-order chi connectivity index (χ1) is 17.2. The van der Waals surface area contributed by atoms with E-state index in [9.17, 15) is 22.4 Å². The third-order valence-corrected chi connectivity index (χ3v) is 9.40. The van der Waals surface area contributed by atoms with Crippen molar-refractivity contribution in [3.05, 3.63) is 24.1 Å². The highest BCUT2D eigenvalue weighted by atomic mass is 32.2. The summed E-state index contributed by atoms with van der Waals surface area (Å²) in [6.07, 6.45) is 1.08. The molecule has 1 saturated carbocycles. The lowest BCUT2D eigenvalue weighted by Gasteiger charge is -2.17. The summed E-state index contributed by atoms with van der Waals surface area (Å²) in [4.78, 5) is 18.8. The molecule has 1 amide bonds. The molecule has 7 nitrogen and oxygen atoms in total. The largest absolute Gasteiger partial charge is 0.446 e. The van der Waals surface area contributed by atoms with Gasteiger partial charge in [-0.1, -0.05) is 24.2 Å². The number of likely N-dealkylation sites (tertiary alicyclic amines) is 1. The van der Waals surface area contributed by atoms with Gasteiger partial charge in [0.05, 0.1) is 26.7 Å². The number of aromatic nitrogens is 2. The number of fused-ring (bicyclic) bond motifs is 1. The first-order valence-corrected chi connectivity index (χ1v) is 13.4. The Balaban J connectivity index is 1.36. The molecule has 4 heterocycles. The van der Waals surface area contributed by atoms with E-state index in [4.69, 9.17) is 4.52 Å². The fourth-order valence-electron chi connectivity index (χ4n) is 5.06. The molecule has 2 aromatic heterocycles. The van der Waals surface area contributed by atoms with Crippen molar-refractivity contribution in [2.24, 2.45) is 5.41 Å². The Morgan fingerprint density at radius 1 is 1.33 bits per heavy atom. The normalized spacial score (nSPS) is 25.7. The summed E-state index contributed by atoms with van der Waals surface area (Å²) in [5, 5.41) is 10.4. The van der Waals surface area contributed by atoms with Gasteiger partial charge in [0.15, 0.2) is 0 Å². The number of likely N-dealkylation sites (N-methyl/N-ethyl adjacent to an activating group) is 1. The monoisotopic (exact) mass is 541 g/mol. The third kappa shape index (κ3) is 4.24. The van der Waals surface area contributed by atoms with Crippen LogP contribution >= 0.6 is 23.1 Å². The second-order valence-corrected chi connectivity index (χ2v) is 11.7. The molecular weight excluding hydrogens is 518 g/mol. The van der Waals surface area contributed by atoms with E-state index in [0.717, 1.165) is 30.7 Å². The molecule has 192 valence electrons. The number of carbonyl (C=O) groups is 1. The van der Waals surface area contributed by atoms with Crippen molar-refractivity contribution in [2.45, 2.75) is 54.8 Å². The number of carbonyl (C=O) groups excluding carboxylic acids is 1. The highest BCUT2D eigenvalue weighted by Crippen LogP contribution is 2.56. The van der Waals surface area contributed by atoms with Crippen molar-refractivity contribution >= 4 is 44.8 Å². The summed E-state index contributed by atoms with van der Waals surface area (Å²) in [6, 6.07) is 4.11. The fourth-order valence-corrected chi connectivity index (χ4v) is 7.16. The number of rotatable bonds is 6. The lowest BCUT2D eigenvalue weighted by molar-refractivity contribution is -0.123. The van der Waals surface area contributed by atoms with Gasteiger partial charge in [-0.25, -0.2) is 4.39 Å². The molecule has 3 aliphatic rings. The SMILES string of the molecule is CCN1C[C@H](F)[C@H](Nc2cccc3c(SC(F)(F)F)c(-c4noc([C@H]5CC6(CC6)C(=O)N5)n4)sc23)C1. The highest BCUT2D eigenvalue weighted by molar-refractivity contribution is 8.00. The molecule has 1 aliphatic carbocycles.